The Morgan fingerprint density at radius 2 is 2.32 bits per heavy atom. The van der Waals surface area contributed by atoms with Gasteiger partial charge < -0.3 is 10.0 Å². The van der Waals surface area contributed by atoms with E-state index in [-0.39, 0.29) is 16.8 Å². The molecular weight excluding hydrogens is 346 g/mol. The molecule has 3 rings (SSSR count). The predicted octanol–water partition coefficient (Wildman–Crippen LogP) is 2.49. The number of urea groups is 1. The average Bonchev–Trinajstić information content (AvgIpc) is 2.60. The predicted molar refractivity (Wildman–Crippen MR) is 95.8 cm³/mol. The van der Waals surface area contributed by atoms with E-state index in [0.29, 0.717) is 23.9 Å². The molecule has 0 aromatic carbocycles. The summed E-state index contributed by atoms with van der Waals surface area (Å²) in [4.78, 5) is 35.7. The summed E-state index contributed by atoms with van der Waals surface area (Å²) >= 11 is 6.07. The van der Waals surface area contributed by atoms with Crippen molar-refractivity contribution in [3.05, 3.63) is 28.7 Å². The van der Waals surface area contributed by atoms with Gasteiger partial charge in [-0.05, 0) is 38.6 Å². The first-order valence-electron chi connectivity index (χ1n) is 7.88. The lowest BCUT2D eigenvalue weighted by Gasteiger charge is -2.45. The third-order valence-electron chi connectivity index (χ3n) is 4.37. The molecule has 8 nitrogen and oxygen atoms in total. The maximum Gasteiger partial charge on any atom is 0.356 e. The molecule has 0 saturated carbocycles. The van der Waals surface area contributed by atoms with Crippen molar-refractivity contribution >= 4 is 41.8 Å². The fraction of sp³-hybridized carbons (Fsp3) is 0.375. The van der Waals surface area contributed by atoms with Gasteiger partial charge in [-0.2, -0.15) is 0 Å². The minimum Gasteiger partial charge on any atom is -0.476 e. The third-order valence-corrected chi connectivity index (χ3v) is 4.66. The molecule has 132 valence electrons. The van der Waals surface area contributed by atoms with E-state index >= 15 is 0 Å². The number of nitrogens with zero attached hydrogens (tertiary/aromatic N) is 4. The Bertz CT molecular complexity index is 779. The first-order valence-corrected chi connectivity index (χ1v) is 8.26. The molecule has 0 radical (unpaired) electrons. The number of rotatable bonds is 3. The smallest absolute Gasteiger partial charge is 0.356 e. The molecule has 1 saturated heterocycles. The van der Waals surface area contributed by atoms with Gasteiger partial charge in [0.1, 0.15) is 5.82 Å². The minimum atomic E-state index is -1.24. The van der Waals surface area contributed by atoms with Gasteiger partial charge in [0.25, 0.3) is 0 Å². The highest BCUT2D eigenvalue weighted by molar-refractivity contribution is 6.33. The lowest BCUT2D eigenvalue weighted by atomic mass is 10.00. The van der Waals surface area contributed by atoms with E-state index in [4.69, 9.17) is 11.6 Å². The summed E-state index contributed by atoms with van der Waals surface area (Å²) in [7, 11) is 0. The highest BCUT2D eigenvalue weighted by atomic mass is 35.5. The van der Waals surface area contributed by atoms with Gasteiger partial charge in [-0.3, -0.25) is 10.2 Å². The number of piperidine rings is 1. The Kier molecular flexibility index (Phi) is 4.63. The van der Waals surface area contributed by atoms with Crippen LogP contribution in [-0.2, 0) is 0 Å². The number of aliphatic imine (C=N–C) groups is 1. The quantitative estimate of drug-likeness (QED) is 0.804. The maximum atomic E-state index is 12.8. The van der Waals surface area contributed by atoms with Crippen LogP contribution in [0.2, 0.25) is 5.02 Å². The largest absolute Gasteiger partial charge is 0.476 e. The summed E-state index contributed by atoms with van der Waals surface area (Å²) in [6, 6.07) is 1.05. The molecule has 0 aliphatic carbocycles. The van der Waals surface area contributed by atoms with Crippen LogP contribution in [0.5, 0.6) is 0 Å². The molecule has 3 heterocycles. The summed E-state index contributed by atoms with van der Waals surface area (Å²) in [6.45, 7) is 6.62. The number of halogens is 1. The molecular formula is C16H18ClN5O3. The van der Waals surface area contributed by atoms with Crippen molar-refractivity contribution < 1.29 is 14.7 Å². The fourth-order valence-corrected chi connectivity index (χ4v) is 3.45. The van der Waals surface area contributed by atoms with Crippen LogP contribution < -0.4 is 15.1 Å². The molecule has 25 heavy (non-hydrogen) atoms. The molecule has 1 aromatic rings. The highest BCUT2D eigenvalue weighted by Gasteiger charge is 2.39. The van der Waals surface area contributed by atoms with E-state index in [1.807, 2.05) is 0 Å². The summed E-state index contributed by atoms with van der Waals surface area (Å²) in [5.74, 6) is -0.604. The van der Waals surface area contributed by atoms with Crippen molar-refractivity contribution in [1.29, 1.82) is 0 Å². The number of carbonyl (C=O) groups excluding carboxylic acids is 1. The van der Waals surface area contributed by atoms with Crippen molar-refractivity contribution in [2.45, 2.75) is 25.8 Å². The molecule has 1 aromatic heterocycles. The molecule has 2 aliphatic heterocycles. The van der Waals surface area contributed by atoms with Gasteiger partial charge in [0.2, 0.25) is 0 Å². The number of aromatic carboxylic acids is 1. The number of amides is 2. The Labute approximate surface area is 149 Å². The molecule has 2 N–H and O–H groups in total. The van der Waals surface area contributed by atoms with Crippen molar-refractivity contribution in [1.82, 2.24) is 10.3 Å². The van der Waals surface area contributed by atoms with Crippen LogP contribution in [0.4, 0.5) is 16.3 Å². The molecule has 1 atom stereocenters. The Morgan fingerprint density at radius 3 is 2.96 bits per heavy atom. The second-order valence-electron chi connectivity index (χ2n) is 5.84. The topological polar surface area (TPSA) is 98.1 Å². The van der Waals surface area contributed by atoms with Crippen molar-refractivity contribution in [3.8, 4) is 0 Å². The van der Waals surface area contributed by atoms with Crippen LogP contribution in [0.3, 0.4) is 0 Å². The second-order valence-corrected chi connectivity index (χ2v) is 6.25. The lowest BCUT2D eigenvalue weighted by Crippen LogP contribution is -2.57. The first-order chi connectivity index (χ1) is 12.0. The van der Waals surface area contributed by atoms with Gasteiger partial charge in [0.15, 0.2) is 11.5 Å². The lowest BCUT2D eigenvalue weighted by molar-refractivity contribution is 0.0690. The van der Waals surface area contributed by atoms with E-state index in [1.165, 1.54) is 4.90 Å². The van der Waals surface area contributed by atoms with E-state index in [9.17, 15) is 14.7 Å². The van der Waals surface area contributed by atoms with Crippen LogP contribution in [0, 0.1) is 0 Å². The average molecular weight is 364 g/mol. The zero-order valence-corrected chi connectivity index (χ0v) is 14.5. The summed E-state index contributed by atoms with van der Waals surface area (Å²) in [5.41, 5.74) is 0.391. The Morgan fingerprint density at radius 1 is 1.56 bits per heavy atom. The second kappa shape index (κ2) is 6.72. The van der Waals surface area contributed by atoms with Crippen LogP contribution in [0.15, 0.2) is 23.0 Å². The number of allylic oxidation sites excluding steroid dienone is 1. The molecule has 0 unspecified atom stereocenters. The normalized spacial score (nSPS) is 19.3. The van der Waals surface area contributed by atoms with E-state index < -0.39 is 12.0 Å². The number of pyridine rings is 1. The maximum absolute atomic E-state index is 12.8. The van der Waals surface area contributed by atoms with Gasteiger partial charge in [-0.25, -0.2) is 19.6 Å². The summed E-state index contributed by atoms with van der Waals surface area (Å²) in [5, 5.41) is 12.0. The fourth-order valence-electron chi connectivity index (χ4n) is 3.22. The van der Waals surface area contributed by atoms with E-state index in [2.05, 4.69) is 26.9 Å². The number of anilines is 2. The molecule has 2 aliphatic rings. The number of carbonyl (C=O) groups is 2. The van der Waals surface area contributed by atoms with Gasteiger partial charge in [0, 0.05) is 13.1 Å². The number of carboxylic acids is 1. The molecule has 2 bridgehead atoms. The van der Waals surface area contributed by atoms with Crippen molar-refractivity contribution in [2.24, 2.45) is 4.99 Å². The number of carboxylic acid groups (broad SMARTS) is 1. The standard InChI is InChI=1S/C16H18ClN5O3/c1-3-12(18-2)19-16(25)22-9-5-4-6-21(8-9)11-7-10(17)13(15(23)24)20-14(11)22/h3,7,9H,2,4-6,8H2,1H3,(H,19,25)(H,23,24)/b12-3+/t9-/m0/s1. The van der Waals surface area contributed by atoms with Crippen LogP contribution in [0.1, 0.15) is 30.3 Å². The van der Waals surface area contributed by atoms with Gasteiger partial charge in [0.05, 0.1) is 16.8 Å². The number of fused-ring (bicyclic) bond motifs is 4. The number of hydrogen-bond donors (Lipinski definition) is 2. The van der Waals surface area contributed by atoms with Gasteiger partial charge >= 0.3 is 12.0 Å². The van der Waals surface area contributed by atoms with E-state index in [1.54, 1.807) is 19.1 Å². The van der Waals surface area contributed by atoms with Gasteiger partial charge in [-0.15, -0.1) is 0 Å². The molecule has 2 amide bonds. The summed E-state index contributed by atoms with van der Waals surface area (Å²) in [6.07, 6.45) is 3.35. The third kappa shape index (κ3) is 3.05. The Balaban J connectivity index is 2.08. The molecule has 9 heteroatoms. The first kappa shape index (κ1) is 17.2. The van der Waals surface area contributed by atoms with Crippen LogP contribution >= 0.6 is 11.6 Å². The van der Waals surface area contributed by atoms with Crippen LogP contribution in [-0.4, -0.2) is 47.9 Å². The van der Waals surface area contributed by atoms with Gasteiger partial charge in [-0.1, -0.05) is 11.6 Å². The zero-order valence-electron chi connectivity index (χ0n) is 13.7. The highest BCUT2D eigenvalue weighted by Crippen LogP contribution is 2.40. The SMILES string of the molecule is C=N/C(=C\C)NC(=O)N1c2nc(C(=O)O)c(Cl)cc2N2CCC[C@H]1C2. The molecule has 1 fully saturated rings. The number of aromatic nitrogens is 1. The zero-order chi connectivity index (χ0) is 18.1. The number of nitrogens with one attached hydrogen (secondary N) is 1. The van der Waals surface area contributed by atoms with Crippen molar-refractivity contribution in [3.63, 3.8) is 0 Å². The Hall–Kier alpha value is -2.61. The van der Waals surface area contributed by atoms with Crippen LogP contribution in [0.25, 0.3) is 0 Å². The van der Waals surface area contributed by atoms with Crippen molar-refractivity contribution in [2.75, 3.05) is 22.9 Å². The van der Waals surface area contributed by atoms with E-state index in [0.717, 1.165) is 19.4 Å². The monoisotopic (exact) mass is 363 g/mol. The molecule has 0 spiro atoms. The summed E-state index contributed by atoms with van der Waals surface area (Å²) < 4.78 is 0. The minimum absolute atomic E-state index is 0.0533. The number of hydrogen-bond acceptors (Lipinski definition) is 5.